The van der Waals surface area contributed by atoms with E-state index < -0.39 is 0 Å². The molecule has 24 heavy (non-hydrogen) atoms. The normalized spacial score (nSPS) is 17.4. The lowest BCUT2D eigenvalue weighted by Gasteiger charge is -2.28. The Morgan fingerprint density at radius 1 is 1.29 bits per heavy atom. The van der Waals surface area contributed by atoms with Gasteiger partial charge in [-0.05, 0) is 49.5 Å². The highest BCUT2D eigenvalue weighted by Gasteiger charge is 2.15. The molecule has 0 aliphatic carbocycles. The molecule has 0 atom stereocenters. The van der Waals surface area contributed by atoms with E-state index in [2.05, 4.69) is 27.4 Å². The van der Waals surface area contributed by atoms with Gasteiger partial charge >= 0.3 is 0 Å². The molecule has 4 rings (SSSR count). The van der Waals surface area contributed by atoms with E-state index in [9.17, 15) is 5.11 Å². The molecule has 3 heterocycles. The van der Waals surface area contributed by atoms with E-state index in [1.807, 2.05) is 18.3 Å². The zero-order chi connectivity index (χ0) is 16.5. The van der Waals surface area contributed by atoms with Crippen molar-refractivity contribution in [2.45, 2.75) is 18.9 Å². The third-order valence-electron chi connectivity index (χ3n) is 4.77. The Morgan fingerprint density at radius 2 is 2.12 bits per heavy atom. The van der Waals surface area contributed by atoms with Crippen molar-refractivity contribution < 1.29 is 5.11 Å². The molecule has 0 unspecified atom stereocenters. The number of thiophene rings is 1. The summed E-state index contributed by atoms with van der Waals surface area (Å²) < 4.78 is 1.15. The highest BCUT2D eigenvalue weighted by atomic mass is 32.1. The smallest absolute Gasteiger partial charge is 0.123 e. The first-order valence-electron chi connectivity index (χ1n) is 8.35. The molecule has 124 valence electrons. The fraction of sp³-hybridized carbons (Fsp3) is 0.316. The molecule has 5 heteroatoms. The molecule has 0 spiro atoms. The van der Waals surface area contributed by atoms with Crippen LogP contribution in [0.2, 0.25) is 0 Å². The number of fused-ring (bicyclic) bond motifs is 3. The van der Waals surface area contributed by atoms with Gasteiger partial charge in [-0.15, -0.1) is 11.3 Å². The van der Waals surface area contributed by atoms with Gasteiger partial charge in [0.05, 0.1) is 10.2 Å². The van der Waals surface area contributed by atoms with Crippen LogP contribution in [-0.2, 0) is 0 Å². The van der Waals surface area contributed by atoms with Crippen LogP contribution in [-0.4, -0.2) is 40.7 Å². The number of phenols is 1. The third-order valence-corrected chi connectivity index (χ3v) is 5.62. The monoisotopic (exact) mass is 339 g/mol. The van der Waals surface area contributed by atoms with E-state index in [1.54, 1.807) is 17.4 Å². The van der Waals surface area contributed by atoms with Gasteiger partial charge in [0, 0.05) is 35.1 Å². The van der Waals surface area contributed by atoms with Gasteiger partial charge in [0.25, 0.3) is 0 Å². The number of nitrogens with zero attached hydrogens (tertiary/aromatic N) is 2. The summed E-state index contributed by atoms with van der Waals surface area (Å²) >= 11 is 1.68. The van der Waals surface area contributed by atoms with Crippen LogP contribution >= 0.6 is 11.3 Å². The Morgan fingerprint density at radius 3 is 2.96 bits per heavy atom. The van der Waals surface area contributed by atoms with Gasteiger partial charge in [-0.1, -0.05) is 12.2 Å². The SMILES string of the molecule is NC1CCN(C/C=C/c2c(O)ccc3ncc4sccc4c23)CC1. The molecular weight excluding hydrogens is 318 g/mol. The molecule has 3 aromatic rings. The maximum absolute atomic E-state index is 10.4. The summed E-state index contributed by atoms with van der Waals surface area (Å²) in [4.78, 5) is 6.93. The number of likely N-dealkylation sites (tertiary alicyclic amines) is 1. The molecule has 1 aromatic carbocycles. The van der Waals surface area contributed by atoms with Crippen LogP contribution in [0.4, 0.5) is 0 Å². The van der Waals surface area contributed by atoms with E-state index in [0.29, 0.717) is 11.8 Å². The minimum absolute atomic E-state index is 0.305. The van der Waals surface area contributed by atoms with Crippen LogP contribution in [0.1, 0.15) is 18.4 Å². The molecule has 1 saturated heterocycles. The first-order valence-corrected chi connectivity index (χ1v) is 9.23. The second-order valence-electron chi connectivity index (χ2n) is 6.39. The second kappa shape index (κ2) is 6.51. The summed E-state index contributed by atoms with van der Waals surface area (Å²) in [5, 5.41) is 14.6. The Hall–Kier alpha value is -1.95. The van der Waals surface area contributed by atoms with E-state index in [1.165, 1.54) is 0 Å². The van der Waals surface area contributed by atoms with E-state index >= 15 is 0 Å². The number of benzene rings is 1. The van der Waals surface area contributed by atoms with Crippen molar-refractivity contribution in [2.75, 3.05) is 19.6 Å². The first-order chi connectivity index (χ1) is 11.7. The van der Waals surface area contributed by atoms with Crippen LogP contribution in [0.3, 0.4) is 0 Å². The van der Waals surface area contributed by atoms with Crippen molar-refractivity contribution in [1.82, 2.24) is 9.88 Å². The maximum atomic E-state index is 10.4. The van der Waals surface area contributed by atoms with Crippen LogP contribution < -0.4 is 5.73 Å². The van der Waals surface area contributed by atoms with Gasteiger partial charge in [-0.2, -0.15) is 0 Å². The topological polar surface area (TPSA) is 62.4 Å². The van der Waals surface area contributed by atoms with Crippen molar-refractivity contribution in [2.24, 2.45) is 5.73 Å². The van der Waals surface area contributed by atoms with E-state index in [0.717, 1.165) is 59.0 Å². The standard InChI is InChI=1S/C19H21N3OS/c20-13-5-9-22(10-6-13)8-1-2-14-17(23)4-3-16-19(14)15-7-11-24-18(15)12-21-16/h1-4,7,11-13,23H,5-6,8-10,20H2/b2-1+. The van der Waals surface area contributed by atoms with Gasteiger partial charge in [0.1, 0.15) is 5.75 Å². The van der Waals surface area contributed by atoms with Crippen LogP contribution in [0, 0.1) is 0 Å². The first kappa shape index (κ1) is 15.6. The van der Waals surface area contributed by atoms with Crippen molar-refractivity contribution in [3.05, 3.63) is 41.4 Å². The van der Waals surface area contributed by atoms with E-state index in [4.69, 9.17) is 5.73 Å². The van der Waals surface area contributed by atoms with E-state index in [-0.39, 0.29) is 0 Å². The molecule has 1 aliphatic rings. The summed E-state index contributed by atoms with van der Waals surface area (Å²) in [5.74, 6) is 0.305. The quantitative estimate of drug-likeness (QED) is 0.765. The summed E-state index contributed by atoms with van der Waals surface area (Å²) in [6.45, 7) is 2.97. The molecule has 1 fully saturated rings. The number of aromatic nitrogens is 1. The molecule has 3 N–H and O–H groups in total. The lowest BCUT2D eigenvalue weighted by molar-refractivity contribution is 0.234. The van der Waals surface area contributed by atoms with Crippen molar-refractivity contribution in [3.8, 4) is 5.75 Å². The Labute approximate surface area is 145 Å². The number of rotatable bonds is 3. The van der Waals surface area contributed by atoms with Gasteiger partial charge in [-0.3, -0.25) is 9.88 Å². The zero-order valence-corrected chi connectivity index (χ0v) is 14.3. The predicted molar refractivity (Wildman–Crippen MR) is 101 cm³/mol. The lowest BCUT2D eigenvalue weighted by atomic mass is 10.0. The molecule has 2 aromatic heterocycles. The Bertz CT molecular complexity index is 894. The fourth-order valence-corrected chi connectivity index (χ4v) is 4.13. The fourth-order valence-electron chi connectivity index (χ4n) is 3.37. The summed E-state index contributed by atoms with van der Waals surface area (Å²) in [6, 6.07) is 6.07. The number of hydrogen-bond donors (Lipinski definition) is 2. The summed E-state index contributed by atoms with van der Waals surface area (Å²) in [6.07, 6.45) is 8.20. The molecule has 0 bridgehead atoms. The lowest BCUT2D eigenvalue weighted by Crippen LogP contribution is -2.39. The molecule has 1 aliphatic heterocycles. The zero-order valence-electron chi connectivity index (χ0n) is 13.5. The van der Waals surface area contributed by atoms with Crippen LogP contribution in [0.5, 0.6) is 5.75 Å². The molecule has 0 saturated carbocycles. The number of hydrogen-bond acceptors (Lipinski definition) is 5. The number of aromatic hydroxyl groups is 1. The number of pyridine rings is 1. The predicted octanol–water partition coefficient (Wildman–Crippen LogP) is 3.59. The largest absolute Gasteiger partial charge is 0.507 e. The highest BCUT2D eigenvalue weighted by Crippen LogP contribution is 2.34. The Balaban J connectivity index is 1.66. The van der Waals surface area contributed by atoms with Gasteiger partial charge in [0.2, 0.25) is 0 Å². The minimum Gasteiger partial charge on any atom is -0.507 e. The second-order valence-corrected chi connectivity index (χ2v) is 7.34. The average molecular weight is 339 g/mol. The van der Waals surface area contributed by atoms with Crippen molar-refractivity contribution in [3.63, 3.8) is 0 Å². The molecule has 4 nitrogen and oxygen atoms in total. The van der Waals surface area contributed by atoms with Gasteiger partial charge in [0.15, 0.2) is 0 Å². The van der Waals surface area contributed by atoms with Gasteiger partial charge < -0.3 is 10.8 Å². The third kappa shape index (κ3) is 2.90. The number of nitrogens with two attached hydrogens (primary N) is 1. The average Bonchev–Trinajstić information content (AvgIpc) is 3.07. The molecular formula is C19H21N3OS. The summed E-state index contributed by atoms with van der Waals surface area (Å²) in [7, 11) is 0. The summed E-state index contributed by atoms with van der Waals surface area (Å²) in [5.41, 5.74) is 7.74. The molecule has 0 amide bonds. The van der Waals surface area contributed by atoms with Crippen LogP contribution in [0.15, 0.2) is 35.9 Å². The van der Waals surface area contributed by atoms with Gasteiger partial charge in [-0.25, -0.2) is 0 Å². The molecule has 0 radical (unpaired) electrons. The minimum atomic E-state index is 0.305. The highest BCUT2D eigenvalue weighted by molar-refractivity contribution is 7.17. The Kier molecular flexibility index (Phi) is 4.22. The number of piperidine rings is 1. The number of phenolic OH excluding ortho intramolecular Hbond substituents is 1. The van der Waals surface area contributed by atoms with Crippen LogP contribution in [0.25, 0.3) is 27.1 Å². The van der Waals surface area contributed by atoms with Crippen molar-refractivity contribution in [1.29, 1.82) is 0 Å². The maximum Gasteiger partial charge on any atom is 0.123 e. The van der Waals surface area contributed by atoms with Crippen molar-refractivity contribution >= 4 is 38.4 Å².